The maximum Gasteiger partial charge on any atom is 0.159 e. The molecular formula is C14H15BrFN3. The van der Waals surface area contributed by atoms with Crippen LogP contribution in [0.2, 0.25) is 0 Å². The minimum absolute atomic E-state index is 0.0997. The second kappa shape index (κ2) is 6.21. The third kappa shape index (κ3) is 3.58. The van der Waals surface area contributed by atoms with Crippen molar-refractivity contribution in [1.29, 1.82) is 0 Å². The van der Waals surface area contributed by atoms with Crippen molar-refractivity contribution in [3.8, 4) is 11.4 Å². The zero-order chi connectivity index (χ0) is 13.8. The Labute approximate surface area is 120 Å². The van der Waals surface area contributed by atoms with Crippen LogP contribution < -0.4 is 5.73 Å². The van der Waals surface area contributed by atoms with E-state index in [2.05, 4.69) is 25.9 Å². The van der Waals surface area contributed by atoms with Gasteiger partial charge in [-0.1, -0.05) is 6.92 Å². The molecule has 1 unspecified atom stereocenters. The van der Waals surface area contributed by atoms with Crippen molar-refractivity contribution in [2.45, 2.75) is 25.8 Å². The SMILES string of the molecule is CCC(N)Cc1ccnc(-c2ccc(F)c(Br)c2)n1. The zero-order valence-electron chi connectivity index (χ0n) is 10.6. The van der Waals surface area contributed by atoms with Crippen molar-refractivity contribution in [2.24, 2.45) is 5.73 Å². The highest BCUT2D eigenvalue weighted by atomic mass is 79.9. The molecule has 1 atom stereocenters. The van der Waals surface area contributed by atoms with Crippen LogP contribution >= 0.6 is 15.9 Å². The average molecular weight is 324 g/mol. The van der Waals surface area contributed by atoms with Gasteiger partial charge in [-0.05, 0) is 46.6 Å². The molecule has 2 rings (SSSR count). The Hall–Kier alpha value is -1.33. The third-order valence-corrected chi connectivity index (χ3v) is 3.49. The Morgan fingerprint density at radius 2 is 2.16 bits per heavy atom. The lowest BCUT2D eigenvalue weighted by Gasteiger charge is -2.09. The standard InChI is InChI=1S/C14H15BrFN3/c1-2-10(17)8-11-5-6-18-14(19-11)9-3-4-13(16)12(15)7-9/h3-7,10H,2,8,17H2,1H3. The lowest BCUT2D eigenvalue weighted by Crippen LogP contribution is -2.22. The molecule has 2 N–H and O–H groups in total. The van der Waals surface area contributed by atoms with Crippen LogP contribution in [0.15, 0.2) is 34.9 Å². The normalized spacial score (nSPS) is 12.4. The van der Waals surface area contributed by atoms with Gasteiger partial charge < -0.3 is 5.73 Å². The van der Waals surface area contributed by atoms with Gasteiger partial charge >= 0.3 is 0 Å². The largest absolute Gasteiger partial charge is 0.327 e. The van der Waals surface area contributed by atoms with Crippen LogP contribution in [0.3, 0.4) is 0 Å². The maximum absolute atomic E-state index is 13.2. The first kappa shape index (κ1) is 14.1. The lowest BCUT2D eigenvalue weighted by molar-refractivity contribution is 0.621. The van der Waals surface area contributed by atoms with Gasteiger partial charge in [-0.2, -0.15) is 0 Å². The first-order valence-corrected chi connectivity index (χ1v) is 6.92. The van der Waals surface area contributed by atoms with E-state index in [0.29, 0.717) is 16.7 Å². The fraction of sp³-hybridized carbons (Fsp3) is 0.286. The minimum Gasteiger partial charge on any atom is -0.327 e. The van der Waals surface area contributed by atoms with Crippen molar-refractivity contribution in [3.63, 3.8) is 0 Å². The van der Waals surface area contributed by atoms with Crippen molar-refractivity contribution in [1.82, 2.24) is 9.97 Å². The summed E-state index contributed by atoms with van der Waals surface area (Å²) in [5.41, 5.74) is 7.60. The molecule has 19 heavy (non-hydrogen) atoms. The number of rotatable bonds is 4. The van der Waals surface area contributed by atoms with Gasteiger partial charge in [-0.15, -0.1) is 0 Å². The van der Waals surface area contributed by atoms with Gasteiger partial charge in [0.1, 0.15) is 5.82 Å². The second-order valence-electron chi connectivity index (χ2n) is 4.37. The highest BCUT2D eigenvalue weighted by molar-refractivity contribution is 9.10. The Morgan fingerprint density at radius 3 is 2.84 bits per heavy atom. The molecule has 0 radical (unpaired) electrons. The van der Waals surface area contributed by atoms with Crippen molar-refractivity contribution >= 4 is 15.9 Å². The molecule has 0 aliphatic rings. The monoisotopic (exact) mass is 323 g/mol. The molecule has 1 heterocycles. The molecule has 100 valence electrons. The molecule has 0 bridgehead atoms. The summed E-state index contributed by atoms with van der Waals surface area (Å²) in [5, 5.41) is 0. The highest BCUT2D eigenvalue weighted by Gasteiger charge is 2.08. The number of aromatic nitrogens is 2. The molecule has 0 fully saturated rings. The number of halogens is 2. The molecule has 0 saturated carbocycles. The van der Waals surface area contributed by atoms with Crippen LogP contribution in [0.1, 0.15) is 19.0 Å². The van der Waals surface area contributed by atoms with E-state index in [4.69, 9.17) is 5.73 Å². The molecule has 0 aliphatic carbocycles. The van der Waals surface area contributed by atoms with Crippen LogP contribution in [0, 0.1) is 5.82 Å². The molecule has 1 aromatic carbocycles. The van der Waals surface area contributed by atoms with Gasteiger partial charge in [0.15, 0.2) is 5.82 Å². The number of nitrogens with zero attached hydrogens (tertiary/aromatic N) is 2. The summed E-state index contributed by atoms with van der Waals surface area (Å²) in [4.78, 5) is 8.69. The third-order valence-electron chi connectivity index (χ3n) is 2.89. The minimum atomic E-state index is -0.298. The van der Waals surface area contributed by atoms with Gasteiger partial charge in [0, 0.05) is 29.9 Å². The van der Waals surface area contributed by atoms with Crippen molar-refractivity contribution in [2.75, 3.05) is 0 Å². The lowest BCUT2D eigenvalue weighted by atomic mass is 10.1. The van der Waals surface area contributed by atoms with Crippen LogP contribution in [-0.2, 0) is 6.42 Å². The summed E-state index contributed by atoms with van der Waals surface area (Å²) in [6, 6.07) is 6.69. The molecular weight excluding hydrogens is 309 g/mol. The molecule has 5 heteroatoms. The summed E-state index contributed by atoms with van der Waals surface area (Å²) in [6.07, 6.45) is 3.33. The van der Waals surface area contributed by atoms with Crippen LogP contribution in [0.25, 0.3) is 11.4 Å². The predicted octanol–water partition coefficient (Wildman–Crippen LogP) is 3.33. The zero-order valence-corrected chi connectivity index (χ0v) is 12.2. The maximum atomic E-state index is 13.2. The molecule has 0 saturated heterocycles. The van der Waals surface area contributed by atoms with E-state index in [-0.39, 0.29) is 11.9 Å². The Kier molecular flexibility index (Phi) is 4.61. The van der Waals surface area contributed by atoms with E-state index in [1.165, 1.54) is 6.07 Å². The second-order valence-corrected chi connectivity index (χ2v) is 5.23. The highest BCUT2D eigenvalue weighted by Crippen LogP contribution is 2.22. The summed E-state index contributed by atoms with van der Waals surface area (Å²) in [6.45, 7) is 2.05. The first-order valence-electron chi connectivity index (χ1n) is 6.13. The van der Waals surface area contributed by atoms with Crippen LogP contribution in [0.5, 0.6) is 0 Å². The molecule has 2 aromatic rings. The van der Waals surface area contributed by atoms with Gasteiger partial charge in [-0.3, -0.25) is 0 Å². The fourth-order valence-corrected chi connectivity index (χ4v) is 2.08. The number of benzene rings is 1. The van der Waals surface area contributed by atoms with E-state index in [1.807, 2.05) is 13.0 Å². The van der Waals surface area contributed by atoms with Gasteiger partial charge in [-0.25, -0.2) is 14.4 Å². The number of hydrogen-bond acceptors (Lipinski definition) is 3. The first-order chi connectivity index (χ1) is 9.10. The molecule has 0 aliphatic heterocycles. The van der Waals surface area contributed by atoms with E-state index >= 15 is 0 Å². The topological polar surface area (TPSA) is 51.8 Å². The quantitative estimate of drug-likeness (QED) is 0.938. The molecule has 1 aromatic heterocycles. The van der Waals surface area contributed by atoms with E-state index in [1.54, 1.807) is 18.3 Å². The summed E-state index contributed by atoms with van der Waals surface area (Å²) in [7, 11) is 0. The summed E-state index contributed by atoms with van der Waals surface area (Å²) >= 11 is 3.16. The van der Waals surface area contributed by atoms with Gasteiger partial charge in [0.25, 0.3) is 0 Å². The fourth-order valence-electron chi connectivity index (χ4n) is 1.70. The smallest absolute Gasteiger partial charge is 0.159 e. The van der Waals surface area contributed by atoms with Crippen LogP contribution in [0.4, 0.5) is 4.39 Å². The van der Waals surface area contributed by atoms with E-state index in [0.717, 1.165) is 17.7 Å². The Morgan fingerprint density at radius 1 is 1.37 bits per heavy atom. The van der Waals surface area contributed by atoms with Gasteiger partial charge in [0.2, 0.25) is 0 Å². The average Bonchev–Trinajstić information content (AvgIpc) is 2.42. The summed E-state index contributed by atoms with van der Waals surface area (Å²) < 4.78 is 13.6. The van der Waals surface area contributed by atoms with Gasteiger partial charge in [0.05, 0.1) is 4.47 Å². The summed E-state index contributed by atoms with van der Waals surface area (Å²) in [5.74, 6) is 0.286. The van der Waals surface area contributed by atoms with Crippen LogP contribution in [-0.4, -0.2) is 16.0 Å². The van der Waals surface area contributed by atoms with E-state index < -0.39 is 0 Å². The molecule has 0 spiro atoms. The van der Waals surface area contributed by atoms with Crippen molar-refractivity contribution < 1.29 is 4.39 Å². The number of nitrogens with two attached hydrogens (primary N) is 1. The Balaban J connectivity index is 2.29. The Bertz CT molecular complexity index is 574. The molecule has 0 amide bonds. The number of hydrogen-bond donors (Lipinski definition) is 1. The van der Waals surface area contributed by atoms with E-state index in [9.17, 15) is 4.39 Å². The molecule has 3 nitrogen and oxygen atoms in total. The van der Waals surface area contributed by atoms with Crippen molar-refractivity contribution in [3.05, 3.63) is 46.4 Å². The predicted molar refractivity (Wildman–Crippen MR) is 77.1 cm³/mol.